The smallest absolute Gasteiger partial charge is 0.257 e. The number of hydrogen-bond donors (Lipinski definition) is 1. The van der Waals surface area contributed by atoms with Gasteiger partial charge in [0.2, 0.25) is 11.7 Å². The highest BCUT2D eigenvalue weighted by Gasteiger charge is 2.10. The summed E-state index contributed by atoms with van der Waals surface area (Å²) in [7, 11) is 1.50. The summed E-state index contributed by atoms with van der Waals surface area (Å²) in [5.74, 6) is 1.01. The molecule has 0 aliphatic rings. The fourth-order valence-electron chi connectivity index (χ4n) is 2.54. The number of nitrogens with zero attached hydrogens (tertiary/aromatic N) is 4. The van der Waals surface area contributed by atoms with Crippen LogP contribution < -0.4 is 10.1 Å². The summed E-state index contributed by atoms with van der Waals surface area (Å²) in [5, 5.41) is 2.76. The molecule has 1 aromatic carbocycles. The van der Waals surface area contributed by atoms with Crippen molar-refractivity contribution >= 4 is 17.5 Å². The Morgan fingerprint density at radius 1 is 1.12 bits per heavy atom. The number of nitrogens with one attached hydrogen (secondary N) is 1. The molecule has 4 aromatic rings. The number of anilines is 1. The van der Waals surface area contributed by atoms with Crippen molar-refractivity contribution in [2.75, 3.05) is 12.4 Å². The van der Waals surface area contributed by atoms with Crippen molar-refractivity contribution in [1.29, 1.82) is 0 Å². The first-order valence-electron chi connectivity index (χ1n) is 7.95. The third-order valence-corrected chi connectivity index (χ3v) is 3.84. The molecule has 0 unspecified atom stereocenters. The Morgan fingerprint density at radius 2 is 1.96 bits per heavy atom. The number of fused-ring (bicyclic) bond motifs is 1. The van der Waals surface area contributed by atoms with E-state index < -0.39 is 0 Å². The van der Waals surface area contributed by atoms with Crippen LogP contribution in [0.5, 0.6) is 5.88 Å². The summed E-state index contributed by atoms with van der Waals surface area (Å²) in [6, 6.07) is 14.8. The molecule has 0 spiro atoms. The van der Waals surface area contributed by atoms with Gasteiger partial charge in [-0.25, -0.2) is 9.97 Å². The van der Waals surface area contributed by atoms with Crippen molar-refractivity contribution in [1.82, 2.24) is 19.4 Å². The molecule has 0 saturated heterocycles. The fraction of sp³-hybridized carbons (Fsp3) is 0.0526. The van der Waals surface area contributed by atoms with Gasteiger partial charge in [-0.2, -0.15) is 4.98 Å². The topological polar surface area (TPSA) is 81.4 Å². The summed E-state index contributed by atoms with van der Waals surface area (Å²) in [5.41, 5.74) is 2.26. The summed E-state index contributed by atoms with van der Waals surface area (Å²) in [6.07, 6.45) is 5.23. The van der Waals surface area contributed by atoms with E-state index in [1.807, 2.05) is 47.1 Å². The Hall–Kier alpha value is -3.74. The molecule has 3 heterocycles. The van der Waals surface area contributed by atoms with Crippen LogP contribution >= 0.6 is 0 Å². The van der Waals surface area contributed by atoms with E-state index in [-0.39, 0.29) is 5.91 Å². The Labute approximate surface area is 149 Å². The quantitative estimate of drug-likeness (QED) is 0.615. The van der Waals surface area contributed by atoms with E-state index in [0.717, 1.165) is 11.3 Å². The maximum atomic E-state index is 12.4. The molecule has 0 radical (unpaired) electrons. The second kappa shape index (κ2) is 6.64. The molecule has 1 amide bonds. The first-order valence-corrected chi connectivity index (χ1v) is 7.95. The standard InChI is InChI=1S/C19H15N5O2/c1-26-17-11-14(7-9-20-17)18(25)22-16-8-10-24-12-15(21-19(24)23-16)13-5-3-2-4-6-13/h2-12H,1H3,(H,21,22,23,25). The number of carbonyl (C=O) groups excluding carboxylic acids is 1. The number of rotatable bonds is 4. The van der Waals surface area contributed by atoms with Crippen LogP contribution in [0.25, 0.3) is 17.0 Å². The van der Waals surface area contributed by atoms with Crippen molar-refractivity contribution in [2.45, 2.75) is 0 Å². The normalized spacial score (nSPS) is 10.7. The van der Waals surface area contributed by atoms with Gasteiger partial charge in [-0.15, -0.1) is 0 Å². The fourth-order valence-corrected chi connectivity index (χ4v) is 2.54. The van der Waals surface area contributed by atoms with Crippen molar-refractivity contribution in [3.8, 4) is 17.1 Å². The maximum Gasteiger partial charge on any atom is 0.257 e. The zero-order chi connectivity index (χ0) is 17.9. The molecular weight excluding hydrogens is 330 g/mol. The number of benzene rings is 1. The van der Waals surface area contributed by atoms with Gasteiger partial charge in [0.05, 0.1) is 12.8 Å². The largest absolute Gasteiger partial charge is 0.481 e. The number of methoxy groups -OCH3 is 1. The van der Waals surface area contributed by atoms with Crippen LogP contribution in [-0.2, 0) is 0 Å². The van der Waals surface area contributed by atoms with E-state index in [1.165, 1.54) is 13.3 Å². The van der Waals surface area contributed by atoms with E-state index in [4.69, 9.17) is 4.74 Å². The van der Waals surface area contributed by atoms with Crippen LogP contribution in [0.4, 0.5) is 5.82 Å². The van der Waals surface area contributed by atoms with Gasteiger partial charge in [-0.05, 0) is 12.1 Å². The van der Waals surface area contributed by atoms with Crippen LogP contribution in [0, 0.1) is 0 Å². The molecule has 7 nitrogen and oxygen atoms in total. The molecule has 0 aliphatic heterocycles. The van der Waals surface area contributed by atoms with Crippen LogP contribution in [0.1, 0.15) is 10.4 Å². The second-order valence-corrected chi connectivity index (χ2v) is 5.55. The summed E-state index contributed by atoms with van der Waals surface area (Å²) >= 11 is 0. The predicted molar refractivity (Wildman–Crippen MR) is 97.2 cm³/mol. The SMILES string of the molecule is COc1cc(C(=O)Nc2ccn3cc(-c4ccccc4)nc3n2)ccn1. The third kappa shape index (κ3) is 3.10. The number of carbonyl (C=O) groups is 1. The van der Waals surface area contributed by atoms with Crippen LogP contribution in [0.3, 0.4) is 0 Å². The van der Waals surface area contributed by atoms with Crippen LogP contribution in [0.2, 0.25) is 0 Å². The Bertz CT molecular complexity index is 1080. The molecule has 0 fully saturated rings. The summed E-state index contributed by atoms with van der Waals surface area (Å²) in [4.78, 5) is 25.3. The molecule has 128 valence electrons. The number of ether oxygens (including phenoxy) is 1. The third-order valence-electron chi connectivity index (χ3n) is 3.84. The number of amides is 1. The minimum absolute atomic E-state index is 0.294. The predicted octanol–water partition coefficient (Wildman–Crippen LogP) is 3.05. The zero-order valence-corrected chi connectivity index (χ0v) is 14.0. The van der Waals surface area contributed by atoms with Crippen LogP contribution in [0.15, 0.2) is 67.1 Å². The van der Waals surface area contributed by atoms with Crippen LogP contribution in [-0.4, -0.2) is 32.4 Å². The average molecular weight is 345 g/mol. The van der Waals surface area contributed by atoms with Crippen molar-refractivity contribution in [3.05, 3.63) is 72.7 Å². The van der Waals surface area contributed by atoms with Crippen molar-refractivity contribution < 1.29 is 9.53 Å². The Kier molecular flexibility index (Phi) is 4.03. The lowest BCUT2D eigenvalue weighted by atomic mass is 10.2. The zero-order valence-electron chi connectivity index (χ0n) is 14.0. The number of imidazole rings is 1. The lowest BCUT2D eigenvalue weighted by Crippen LogP contribution is -2.13. The van der Waals surface area contributed by atoms with Crippen molar-refractivity contribution in [2.24, 2.45) is 0 Å². The van der Waals surface area contributed by atoms with Gasteiger partial charge in [-0.1, -0.05) is 30.3 Å². The molecule has 4 rings (SSSR count). The van der Waals surface area contributed by atoms with Gasteiger partial charge >= 0.3 is 0 Å². The van der Waals surface area contributed by atoms with Gasteiger partial charge in [0.15, 0.2) is 0 Å². The summed E-state index contributed by atoms with van der Waals surface area (Å²) < 4.78 is 6.85. The molecule has 0 bridgehead atoms. The molecule has 26 heavy (non-hydrogen) atoms. The lowest BCUT2D eigenvalue weighted by molar-refractivity contribution is 0.102. The minimum atomic E-state index is -0.294. The maximum absolute atomic E-state index is 12.4. The van der Waals surface area contributed by atoms with E-state index >= 15 is 0 Å². The van der Waals surface area contributed by atoms with E-state index in [9.17, 15) is 4.79 Å². The number of hydrogen-bond acceptors (Lipinski definition) is 5. The molecule has 0 atom stereocenters. The van der Waals surface area contributed by atoms with E-state index in [0.29, 0.717) is 23.0 Å². The number of pyridine rings is 1. The first kappa shape index (κ1) is 15.8. The molecular formula is C19H15N5O2. The van der Waals surface area contributed by atoms with E-state index in [1.54, 1.807) is 18.2 Å². The number of aromatic nitrogens is 4. The first-order chi connectivity index (χ1) is 12.7. The van der Waals surface area contributed by atoms with E-state index in [2.05, 4.69) is 20.3 Å². The molecule has 7 heteroatoms. The highest BCUT2D eigenvalue weighted by Crippen LogP contribution is 2.19. The van der Waals surface area contributed by atoms with Gasteiger partial charge in [0.1, 0.15) is 5.82 Å². The molecule has 3 aromatic heterocycles. The van der Waals surface area contributed by atoms with Crippen molar-refractivity contribution in [3.63, 3.8) is 0 Å². The minimum Gasteiger partial charge on any atom is -0.481 e. The highest BCUT2D eigenvalue weighted by atomic mass is 16.5. The molecule has 1 N–H and O–H groups in total. The monoisotopic (exact) mass is 345 g/mol. The van der Waals surface area contributed by atoms with Gasteiger partial charge in [0, 0.05) is 35.8 Å². The average Bonchev–Trinajstić information content (AvgIpc) is 3.12. The van der Waals surface area contributed by atoms with Gasteiger partial charge < -0.3 is 10.1 Å². The Morgan fingerprint density at radius 3 is 2.77 bits per heavy atom. The van der Waals surface area contributed by atoms with Gasteiger partial charge in [0.25, 0.3) is 5.91 Å². The molecule has 0 saturated carbocycles. The second-order valence-electron chi connectivity index (χ2n) is 5.55. The summed E-state index contributed by atoms with van der Waals surface area (Å²) in [6.45, 7) is 0. The van der Waals surface area contributed by atoms with Gasteiger partial charge in [-0.3, -0.25) is 9.20 Å². The highest BCUT2D eigenvalue weighted by molar-refractivity contribution is 6.03. The molecule has 0 aliphatic carbocycles. The lowest BCUT2D eigenvalue weighted by Gasteiger charge is -2.05. The Balaban J connectivity index is 1.60.